The molecule has 2 N–H and O–H groups in total. The lowest BCUT2D eigenvalue weighted by Crippen LogP contribution is -2.13. The largest absolute Gasteiger partial charge is 0.421 e. The van der Waals surface area contributed by atoms with E-state index in [0.29, 0.717) is 6.54 Å². The van der Waals surface area contributed by atoms with Gasteiger partial charge in [0.05, 0.1) is 0 Å². The van der Waals surface area contributed by atoms with Crippen LogP contribution in [0.5, 0.6) is 0 Å². The molecule has 2 heterocycles. The van der Waals surface area contributed by atoms with Gasteiger partial charge in [0.15, 0.2) is 0 Å². The zero-order valence-electron chi connectivity index (χ0n) is 12.3. The number of hydrogen-bond acceptors (Lipinski definition) is 5. The maximum atomic E-state index is 12.9. The van der Waals surface area contributed by atoms with Crippen LogP contribution in [0.3, 0.4) is 0 Å². The summed E-state index contributed by atoms with van der Waals surface area (Å²) in [4.78, 5) is 11.9. The van der Waals surface area contributed by atoms with E-state index in [2.05, 4.69) is 25.6 Å². The van der Waals surface area contributed by atoms with Crippen molar-refractivity contribution >= 4 is 23.7 Å². The number of nitrogens with one attached hydrogen (secondary N) is 2. The summed E-state index contributed by atoms with van der Waals surface area (Å²) < 4.78 is 38.6. The highest BCUT2D eigenvalue weighted by molar-refractivity contribution is 5.86. The molecule has 0 atom stereocenters. The Morgan fingerprint density at radius 3 is 2.78 bits per heavy atom. The molecule has 5 nitrogen and oxygen atoms in total. The summed E-state index contributed by atoms with van der Waals surface area (Å²) in [6.45, 7) is 0.682. The summed E-state index contributed by atoms with van der Waals surface area (Å²) in [6.07, 6.45) is -1.18. The zero-order valence-corrected chi connectivity index (χ0v) is 12.3. The van der Waals surface area contributed by atoms with Crippen molar-refractivity contribution in [3.63, 3.8) is 0 Å². The molecule has 23 heavy (non-hydrogen) atoms. The number of anilines is 3. The van der Waals surface area contributed by atoms with Crippen molar-refractivity contribution in [1.29, 1.82) is 0 Å². The molecule has 0 unspecified atom stereocenters. The quantitative estimate of drug-likeness (QED) is 0.911. The number of aliphatic imine (C=N–C) groups is 1. The summed E-state index contributed by atoms with van der Waals surface area (Å²) in [5.41, 5.74) is 1.92. The number of hydrogen-bond donors (Lipinski definition) is 2. The SMILES string of the molecule is CNc1nc(Nc2cccc3c2CCN=C3)ncc1C(F)(F)F. The first-order valence-electron chi connectivity index (χ1n) is 7.00. The van der Waals surface area contributed by atoms with Crippen molar-refractivity contribution in [1.82, 2.24) is 9.97 Å². The molecule has 0 fully saturated rings. The summed E-state index contributed by atoms with van der Waals surface area (Å²) in [7, 11) is 1.39. The minimum atomic E-state index is -4.50. The molecule has 2 aromatic rings. The fourth-order valence-electron chi connectivity index (χ4n) is 2.42. The van der Waals surface area contributed by atoms with E-state index in [1.807, 2.05) is 18.2 Å². The van der Waals surface area contributed by atoms with E-state index >= 15 is 0 Å². The van der Waals surface area contributed by atoms with Crippen molar-refractivity contribution in [3.05, 3.63) is 41.1 Å². The summed E-state index contributed by atoms with van der Waals surface area (Å²) in [5.74, 6) is -0.153. The van der Waals surface area contributed by atoms with Crippen LogP contribution in [-0.4, -0.2) is 29.8 Å². The lowest BCUT2D eigenvalue weighted by atomic mass is 10.0. The molecule has 0 bridgehead atoms. The third kappa shape index (κ3) is 3.10. The van der Waals surface area contributed by atoms with E-state index in [1.54, 1.807) is 6.21 Å². The van der Waals surface area contributed by atoms with Crippen molar-refractivity contribution in [3.8, 4) is 0 Å². The molecule has 1 aliphatic heterocycles. The number of rotatable bonds is 3. The topological polar surface area (TPSA) is 62.2 Å². The van der Waals surface area contributed by atoms with Gasteiger partial charge in [0.25, 0.3) is 0 Å². The van der Waals surface area contributed by atoms with Crippen LogP contribution in [0.15, 0.2) is 29.4 Å². The van der Waals surface area contributed by atoms with Crippen molar-refractivity contribution < 1.29 is 13.2 Å². The summed E-state index contributed by atoms with van der Waals surface area (Å²) in [6, 6.07) is 5.63. The van der Waals surface area contributed by atoms with Gasteiger partial charge < -0.3 is 10.6 Å². The zero-order chi connectivity index (χ0) is 16.4. The van der Waals surface area contributed by atoms with Gasteiger partial charge in [-0.05, 0) is 23.6 Å². The highest BCUT2D eigenvalue weighted by Gasteiger charge is 2.35. The minimum absolute atomic E-state index is 0.110. The monoisotopic (exact) mass is 321 g/mol. The fraction of sp³-hybridized carbons (Fsp3) is 0.267. The normalized spacial score (nSPS) is 13.6. The van der Waals surface area contributed by atoms with E-state index in [4.69, 9.17) is 0 Å². The Bertz CT molecular complexity index is 755. The molecule has 3 rings (SSSR count). The number of halogens is 3. The van der Waals surface area contributed by atoms with Crippen molar-refractivity contribution in [2.45, 2.75) is 12.6 Å². The first-order valence-corrected chi connectivity index (χ1v) is 7.00. The minimum Gasteiger partial charge on any atom is -0.372 e. The maximum absolute atomic E-state index is 12.9. The average Bonchev–Trinajstić information content (AvgIpc) is 2.54. The number of nitrogens with zero attached hydrogens (tertiary/aromatic N) is 3. The van der Waals surface area contributed by atoms with E-state index in [9.17, 15) is 13.2 Å². The second-order valence-corrected chi connectivity index (χ2v) is 4.99. The molecule has 1 aromatic carbocycles. The molecular formula is C15H14F3N5. The van der Waals surface area contributed by atoms with Gasteiger partial charge in [-0.3, -0.25) is 4.99 Å². The van der Waals surface area contributed by atoms with Gasteiger partial charge in [0.1, 0.15) is 11.4 Å². The smallest absolute Gasteiger partial charge is 0.372 e. The highest BCUT2D eigenvalue weighted by Crippen LogP contribution is 2.34. The Kier molecular flexibility index (Phi) is 3.89. The molecule has 0 amide bonds. The molecule has 0 saturated heterocycles. The Balaban J connectivity index is 1.94. The number of fused-ring (bicyclic) bond motifs is 1. The molecule has 1 aliphatic rings. The standard InChI is InChI=1S/C15H14F3N5/c1-19-13-11(15(16,17)18)8-21-14(23-13)22-12-4-2-3-9-7-20-6-5-10(9)12/h2-4,7-8H,5-6H2,1H3,(H2,19,21,22,23). The lowest BCUT2D eigenvalue weighted by molar-refractivity contribution is -0.137. The van der Waals surface area contributed by atoms with Crippen LogP contribution in [-0.2, 0) is 12.6 Å². The number of alkyl halides is 3. The lowest BCUT2D eigenvalue weighted by Gasteiger charge is -2.17. The van der Waals surface area contributed by atoms with Crippen LogP contribution in [0.2, 0.25) is 0 Å². The van der Waals surface area contributed by atoms with Gasteiger partial charge >= 0.3 is 6.18 Å². The Hall–Kier alpha value is -2.64. The van der Waals surface area contributed by atoms with Crippen LogP contribution >= 0.6 is 0 Å². The second kappa shape index (κ2) is 5.86. The van der Waals surface area contributed by atoms with Crippen LogP contribution in [0.25, 0.3) is 0 Å². The van der Waals surface area contributed by atoms with Crippen LogP contribution < -0.4 is 10.6 Å². The Morgan fingerprint density at radius 2 is 2.04 bits per heavy atom. The summed E-state index contributed by atoms with van der Waals surface area (Å²) >= 11 is 0. The predicted octanol–water partition coefficient (Wildman–Crippen LogP) is 3.26. The number of aromatic nitrogens is 2. The Morgan fingerprint density at radius 1 is 1.22 bits per heavy atom. The molecule has 0 radical (unpaired) electrons. The average molecular weight is 321 g/mol. The van der Waals surface area contributed by atoms with E-state index in [0.717, 1.165) is 29.4 Å². The molecule has 0 saturated carbocycles. The first-order chi connectivity index (χ1) is 11.0. The van der Waals surface area contributed by atoms with Gasteiger partial charge in [-0.2, -0.15) is 18.2 Å². The van der Waals surface area contributed by atoms with E-state index in [-0.39, 0.29) is 11.8 Å². The third-order valence-corrected chi connectivity index (χ3v) is 3.51. The predicted molar refractivity (Wildman–Crippen MR) is 82.5 cm³/mol. The molecule has 8 heteroatoms. The van der Waals surface area contributed by atoms with E-state index in [1.165, 1.54) is 7.05 Å². The van der Waals surface area contributed by atoms with Gasteiger partial charge in [0, 0.05) is 31.7 Å². The second-order valence-electron chi connectivity index (χ2n) is 4.99. The van der Waals surface area contributed by atoms with Gasteiger partial charge in [0.2, 0.25) is 5.95 Å². The van der Waals surface area contributed by atoms with Crippen LogP contribution in [0.4, 0.5) is 30.6 Å². The third-order valence-electron chi connectivity index (χ3n) is 3.51. The highest BCUT2D eigenvalue weighted by atomic mass is 19.4. The van der Waals surface area contributed by atoms with Crippen molar-refractivity contribution in [2.75, 3.05) is 24.2 Å². The number of benzene rings is 1. The van der Waals surface area contributed by atoms with Crippen LogP contribution in [0, 0.1) is 0 Å². The maximum Gasteiger partial charge on any atom is 0.421 e. The Labute approximate surface area is 130 Å². The molecular weight excluding hydrogens is 307 g/mol. The van der Waals surface area contributed by atoms with Gasteiger partial charge in [-0.1, -0.05) is 12.1 Å². The summed E-state index contributed by atoms with van der Waals surface area (Å²) in [5, 5.41) is 5.45. The fourth-order valence-corrected chi connectivity index (χ4v) is 2.42. The van der Waals surface area contributed by atoms with Gasteiger partial charge in [-0.15, -0.1) is 0 Å². The molecule has 120 valence electrons. The first kappa shape index (κ1) is 15.3. The van der Waals surface area contributed by atoms with E-state index < -0.39 is 11.7 Å². The molecule has 0 spiro atoms. The molecule has 1 aromatic heterocycles. The van der Waals surface area contributed by atoms with Gasteiger partial charge in [-0.25, -0.2) is 4.98 Å². The van der Waals surface area contributed by atoms with Crippen molar-refractivity contribution in [2.24, 2.45) is 4.99 Å². The molecule has 0 aliphatic carbocycles. The van der Waals surface area contributed by atoms with Crippen LogP contribution in [0.1, 0.15) is 16.7 Å².